The van der Waals surface area contributed by atoms with E-state index in [1.165, 1.54) is 22.0 Å². The Morgan fingerprint density at radius 1 is 1.28 bits per heavy atom. The zero-order valence-electron chi connectivity index (χ0n) is 10.2. The summed E-state index contributed by atoms with van der Waals surface area (Å²) in [6, 6.07) is 11.1. The fourth-order valence-electron chi connectivity index (χ4n) is 2.56. The van der Waals surface area contributed by atoms with E-state index in [0.717, 1.165) is 25.1 Å². The maximum absolute atomic E-state index is 5.34. The number of aryl methyl sites for hydroxylation is 1. The predicted octanol–water partition coefficient (Wildman–Crippen LogP) is 3.69. The van der Waals surface area contributed by atoms with E-state index >= 15 is 0 Å². The normalized spacial score (nSPS) is 18.6. The monoisotopic (exact) mass is 305 g/mol. The first-order valence-corrected chi connectivity index (χ1v) is 7.13. The van der Waals surface area contributed by atoms with Gasteiger partial charge in [-0.25, -0.2) is 0 Å². The lowest BCUT2D eigenvalue weighted by atomic mass is 9.88. The molecule has 94 valence electrons. The van der Waals surface area contributed by atoms with Crippen molar-refractivity contribution in [1.29, 1.82) is 0 Å². The maximum Gasteiger partial charge on any atom is 0.117 e. The van der Waals surface area contributed by atoms with Gasteiger partial charge in [0.15, 0.2) is 0 Å². The van der Waals surface area contributed by atoms with Crippen LogP contribution in [0.5, 0.6) is 0 Å². The first-order chi connectivity index (χ1) is 8.81. The second-order valence-corrected chi connectivity index (χ2v) is 5.73. The third kappa shape index (κ3) is 2.68. The lowest BCUT2D eigenvalue weighted by molar-refractivity contribution is 0.416. The second kappa shape index (κ2) is 5.29. The zero-order chi connectivity index (χ0) is 12.4. The minimum absolute atomic E-state index is 0.559. The summed E-state index contributed by atoms with van der Waals surface area (Å²) in [6.07, 6.45) is 5.20. The molecule has 0 saturated carbocycles. The van der Waals surface area contributed by atoms with Gasteiger partial charge < -0.3 is 9.73 Å². The van der Waals surface area contributed by atoms with Crippen LogP contribution in [0, 0.1) is 0 Å². The minimum Gasteiger partial charge on any atom is -0.468 e. The first-order valence-electron chi connectivity index (χ1n) is 6.34. The van der Waals surface area contributed by atoms with Gasteiger partial charge in [-0.3, -0.25) is 0 Å². The van der Waals surface area contributed by atoms with E-state index in [4.69, 9.17) is 4.42 Å². The summed E-state index contributed by atoms with van der Waals surface area (Å²) in [5.74, 6) is 1.01. The predicted molar refractivity (Wildman–Crippen MR) is 75.5 cm³/mol. The Labute approximate surface area is 116 Å². The fraction of sp³-hybridized carbons (Fsp3) is 0.333. The molecule has 2 nitrogen and oxygen atoms in total. The van der Waals surface area contributed by atoms with E-state index in [1.54, 1.807) is 6.26 Å². The molecule has 1 atom stereocenters. The molecule has 1 aliphatic rings. The number of furan rings is 1. The van der Waals surface area contributed by atoms with E-state index < -0.39 is 0 Å². The summed E-state index contributed by atoms with van der Waals surface area (Å²) in [5.41, 5.74) is 2.96. The van der Waals surface area contributed by atoms with Crippen LogP contribution in [0.15, 0.2) is 45.5 Å². The largest absolute Gasteiger partial charge is 0.468 e. The highest BCUT2D eigenvalue weighted by Gasteiger charge is 2.18. The number of benzene rings is 1. The molecule has 0 aliphatic heterocycles. The van der Waals surface area contributed by atoms with Crippen LogP contribution in [0.1, 0.15) is 23.3 Å². The van der Waals surface area contributed by atoms with Crippen molar-refractivity contribution in [2.45, 2.75) is 31.8 Å². The van der Waals surface area contributed by atoms with Gasteiger partial charge in [0.1, 0.15) is 5.76 Å². The summed E-state index contributed by atoms with van der Waals surface area (Å²) >= 11 is 3.53. The number of rotatable bonds is 3. The minimum atomic E-state index is 0.559. The standard InChI is InChI=1S/C15H16BrNO/c16-13-5-3-12-9-14(6-4-11(12)8-13)17-10-15-2-1-7-18-15/h1-3,5,7-8,14,17H,4,6,9-10H2. The van der Waals surface area contributed by atoms with Crippen molar-refractivity contribution >= 4 is 15.9 Å². The van der Waals surface area contributed by atoms with Crippen molar-refractivity contribution in [2.24, 2.45) is 0 Å². The summed E-state index contributed by atoms with van der Waals surface area (Å²) in [4.78, 5) is 0. The van der Waals surface area contributed by atoms with Crippen LogP contribution in [0.2, 0.25) is 0 Å². The van der Waals surface area contributed by atoms with Crippen molar-refractivity contribution in [3.05, 3.63) is 58.0 Å². The van der Waals surface area contributed by atoms with Gasteiger partial charge in [0.25, 0.3) is 0 Å². The van der Waals surface area contributed by atoms with E-state index in [-0.39, 0.29) is 0 Å². The van der Waals surface area contributed by atoms with Gasteiger partial charge in [-0.05, 0) is 54.7 Å². The van der Waals surface area contributed by atoms with Crippen LogP contribution in [0.4, 0.5) is 0 Å². The van der Waals surface area contributed by atoms with Gasteiger partial charge >= 0.3 is 0 Å². The average Bonchev–Trinajstić information content (AvgIpc) is 2.89. The third-order valence-corrected chi connectivity index (χ3v) is 4.04. The Hall–Kier alpha value is -1.06. The molecule has 1 aromatic carbocycles. The van der Waals surface area contributed by atoms with Gasteiger partial charge in [-0.15, -0.1) is 0 Å². The van der Waals surface area contributed by atoms with Crippen LogP contribution in [0.25, 0.3) is 0 Å². The van der Waals surface area contributed by atoms with Gasteiger partial charge in [-0.2, -0.15) is 0 Å². The molecular formula is C15H16BrNO. The van der Waals surface area contributed by atoms with Crippen LogP contribution in [-0.2, 0) is 19.4 Å². The smallest absolute Gasteiger partial charge is 0.117 e. The topological polar surface area (TPSA) is 25.2 Å². The molecule has 1 heterocycles. The molecule has 1 aliphatic carbocycles. The van der Waals surface area contributed by atoms with Crippen molar-refractivity contribution in [3.63, 3.8) is 0 Å². The van der Waals surface area contributed by atoms with Gasteiger partial charge in [0.2, 0.25) is 0 Å². The van der Waals surface area contributed by atoms with Gasteiger partial charge in [-0.1, -0.05) is 22.0 Å². The Bertz CT molecular complexity index is 521. The number of fused-ring (bicyclic) bond motifs is 1. The lowest BCUT2D eigenvalue weighted by Gasteiger charge is -2.25. The second-order valence-electron chi connectivity index (χ2n) is 4.81. The molecule has 1 aromatic heterocycles. The highest BCUT2D eigenvalue weighted by molar-refractivity contribution is 9.10. The number of halogens is 1. The summed E-state index contributed by atoms with van der Waals surface area (Å²) in [6.45, 7) is 0.823. The Balaban J connectivity index is 1.62. The molecule has 3 rings (SSSR count). The molecule has 0 radical (unpaired) electrons. The maximum atomic E-state index is 5.34. The fourth-order valence-corrected chi connectivity index (χ4v) is 2.96. The summed E-state index contributed by atoms with van der Waals surface area (Å²) < 4.78 is 6.52. The van der Waals surface area contributed by atoms with E-state index in [2.05, 4.69) is 39.4 Å². The van der Waals surface area contributed by atoms with Crippen molar-refractivity contribution in [3.8, 4) is 0 Å². The molecule has 1 N–H and O–H groups in total. The molecule has 0 spiro atoms. The molecule has 0 saturated heterocycles. The summed E-state index contributed by atoms with van der Waals surface area (Å²) in [5, 5.41) is 3.57. The molecular weight excluding hydrogens is 290 g/mol. The molecule has 1 unspecified atom stereocenters. The molecule has 0 bridgehead atoms. The summed E-state index contributed by atoms with van der Waals surface area (Å²) in [7, 11) is 0. The van der Waals surface area contributed by atoms with Crippen LogP contribution >= 0.6 is 15.9 Å². The van der Waals surface area contributed by atoms with Gasteiger partial charge in [0.05, 0.1) is 12.8 Å². The van der Waals surface area contributed by atoms with Crippen molar-refractivity contribution < 1.29 is 4.42 Å². The van der Waals surface area contributed by atoms with E-state index in [0.29, 0.717) is 6.04 Å². The molecule has 0 amide bonds. The number of nitrogens with one attached hydrogen (secondary N) is 1. The van der Waals surface area contributed by atoms with Crippen molar-refractivity contribution in [2.75, 3.05) is 0 Å². The highest BCUT2D eigenvalue weighted by atomic mass is 79.9. The molecule has 2 aromatic rings. The number of hydrogen-bond acceptors (Lipinski definition) is 2. The van der Waals surface area contributed by atoms with Crippen LogP contribution in [-0.4, -0.2) is 6.04 Å². The quantitative estimate of drug-likeness (QED) is 0.935. The van der Waals surface area contributed by atoms with E-state index in [1.807, 2.05) is 12.1 Å². The Kier molecular flexibility index (Phi) is 3.52. The number of hydrogen-bond donors (Lipinski definition) is 1. The van der Waals surface area contributed by atoms with E-state index in [9.17, 15) is 0 Å². The Morgan fingerprint density at radius 3 is 3.06 bits per heavy atom. The van der Waals surface area contributed by atoms with Crippen molar-refractivity contribution in [1.82, 2.24) is 5.32 Å². The SMILES string of the molecule is Brc1ccc2c(c1)CCC(NCc1ccco1)C2. The molecule has 18 heavy (non-hydrogen) atoms. The average molecular weight is 306 g/mol. The Morgan fingerprint density at radius 2 is 2.22 bits per heavy atom. The highest BCUT2D eigenvalue weighted by Crippen LogP contribution is 2.24. The van der Waals surface area contributed by atoms with Crippen LogP contribution in [0.3, 0.4) is 0 Å². The lowest BCUT2D eigenvalue weighted by Crippen LogP contribution is -2.34. The zero-order valence-corrected chi connectivity index (χ0v) is 11.7. The molecule has 3 heteroatoms. The molecule has 0 fully saturated rings. The first kappa shape index (κ1) is 12.0. The van der Waals surface area contributed by atoms with Crippen LogP contribution < -0.4 is 5.32 Å². The third-order valence-electron chi connectivity index (χ3n) is 3.54. The van der Waals surface area contributed by atoms with Gasteiger partial charge in [0, 0.05) is 10.5 Å².